The maximum atomic E-state index is 13.9. The van der Waals surface area contributed by atoms with Crippen LogP contribution < -0.4 is 0 Å². The van der Waals surface area contributed by atoms with Gasteiger partial charge in [0, 0.05) is 18.0 Å². The van der Waals surface area contributed by atoms with E-state index in [0.29, 0.717) is 5.56 Å². The number of phenolic OH excluding ortho intramolecular Hbond substituents is 1. The largest absolute Gasteiger partial charge is 0.508 e. The molecule has 0 saturated heterocycles. The van der Waals surface area contributed by atoms with Crippen molar-refractivity contribution in [2.24, 2.45) is 11.0 Å². The van der Waals surface area contributed by atoms with Crippen molar-refractivity contribution in [2.45, 2.75) is 47.1 Å². The number of rotatable bonds is 12. The molecule has 13 heteroatoms. The summed E-state index contributed by atoms with van der Waals surface area (Å²) in [6.07, 6.45) is -1.37. The average Bonchev–Trinajstić information content (AvgIpc) is 2.89. The highest BCUT2D eigenvalue weighted by molar-refractivity contribution is 7.93. The van der Waals surface area contributed by atoms with Crippen LogP contribution in [0.4, 0.5) is 4.39 Å². The molecule has 0 aliphatic carbocycles. The Balaban J connectivity index is 2.00. The second kappa shape index (κ2) is 12.6. The van der Waals surface area contributed by atoms with Crippen LogP contribution in [-0.2, 0) is 26.3 Å². The predicted octanol–water partition coefficient (Wildman–Crippen LogP) is 4.29. The van der Waals surface area contributed by atoms with Crippen LogP contribution in [0.25, 0.3) is 10.4 Å². The fraction of sp³-hybridized carbons (Fsp3) is 0.308. The highest BCUT2D eigenvalue weighted by Crippen LogP contribution is 2.30. The molecule has 0 radical (unpaired) electrons. The van der Waals surface area contributed by atoms with E-state index in [9.17, 15) is 31.4 Å². The number of aromatic hydroxyl groups is 1. The van der Waals surface area contributed by atoms with Crippen LogP contribution in [-0.4, -0.2) is 56.6 Å². The number of nitrogens with zero attached hydrogens (tertiary/aromatic N) is 4. The summed E-state index contributed by atoms with van der Waals surface area (Å²) in [6, 6.07) is 14.1. The highest BCUT2D eigenvalue weighted by atomic mass is 32.2. The second-order valence-electron chi connectivity index (χ2n) is 9.33. The monoisotopic (exact) mass is 576 g/mol. The van der Waals surface area contributed by atoms with E-state index in [2.05, 4.69) is 10.0 Å². The molecule has 0 heterocycles. The molecule has 3 rings (SSSR count). The Kier molecular flexibility index (Phi) is 9.70. The number of azide groups is 1. The van der Waals surface area contributed by atoms with Crippen LogP contribution in [0.1, 0.15) is 19.4 Å². The first-order valence-corrected chi connectivity index (χ1v) is 14.9. The molecular formula is C26H29FN4O6S2. The summed E-state index contributed by atoms with van der Waals surface area (Å²) in [6.45, 7) is 2.98. The summed E-state index contributed by atoms with van der Waals surface area (Å²) in [4.78, 5) is 1.52. The number of hydrogen-bond acceptors (Lipinski definition) is 7. The summed E-state index contributed by atoms with van der Waals surface area (Å²) in [7, 11) is -8.85. The average molecular weight is 577 g/mol. The van der Waals surface area contributed by atoms with Crippen LogP contribution in [0.15, 0.2) is 92.6 Å². The van der Waals surface area contributed by atoms with E-state index in [1.54, 1.807) is 26.0 Å². The van der Waals surface area contributed by atoms with Gasteiger partial charge in [-0.25, -0.2) is 21.2 Å². The molecule has 0 aromatic heterocycles. The molecule has 1 unspecified atom stereocenters. The van der Waals surface area contributed by atoms with E-state index < -0.39 is 54.2 Å². The van der Waals surface area contributed by atoms with Crippen molar-refractivity contribution < 1.29 is 31.4 Å². The van der Waals surface area contributed by atoms with Gasteiger partial charge in [-0.3, -0.25) is 0 Å². The molecule has 39 heavy (non-hydrogen) atoms. The van der Waals surface area contributed by atoms with Gasteiger partial charge < -0.3 is 10.2 Å². The van der Waals surface area contributed by atoms with Crippen molar-refractivity contribution in [3.8, 4) is 5.75 Å². The van der Waals surface area contributed by atoms with Crippen molar-refractivity contribution in [1.82, 2.24) is 4.31 Å². The lowest BCUT2D eigenvalue weighted by Crippen LogP contribution is -2.44. The molecule has 2 N–H and O–H groups in total. The molecule has 0 aliphatic heterocycles. The summed E-state index contributed by atoms with van der Waals surface area (Å²) in [5.74, 6) is -0.820. The van der Waals surface area contributed by atoms with Gasteiger partial charge in [0.05, 0.1) is 21.9 Å². The van der Waals surface area contributed by atoms with Crippen molar-refractivity contribution in [2.75, 3.05) is 13.1 Å². The third-order valence-electron chi connectivity index (χ3n) is 5.87. The summed E-state index contributed by atoms with van der Waals surface area (Å²) < 4.78 is 68.9. The minimum Gasteiger partial charge on any atom is -0.508 e. The number of sulfonamides is 1. The fourth-order valence-corrected chi connectivity index (χ4v) is 7.65. The van der Waals surface area contributed by atoms with E-state index in [4.69, 9.17) is 5.53 Å². The summed E-state index contributed by atoms with van der Waals surface area (Å²) in [5.41, 5.74) is 9.70. The summed E-state index contributed by atoms with van der Waals surface area (Å²) >= 11 is 0. The smallest absolute Gasteiger partial charge is 0.244 e. The van der Waals surface area contributed by atoms with E-state index in [1.165, 1.54) is 24.3 Å². The maximum Gasteiger partial charge on any atom is 0.244 e. The lowest BCUT2D eigenvalue weighted by molar-refractivity contribution is 0.116. The number of aliphatic hydroxyl groups excluding tert-OH is 1. The standard InChI is InChI=1S/C26H29FN4O6S2/c1-18(2)16-31(17-24(33)23(29-30-28)15-19-7-11-21(32)12-8-19)39(36,37)26-6-4-3-5-25(26)38(34,35)22-13-9-20(27)10-14-22/h3-14,18,23-24,32-33H,15-17H2,1-2H3/t23-,24?/m0/s1. The fourth-order valence-electron chi connectivity index (χ4n) is 3.97. The molecule has 208 valence electrons. The molecule has 0 amide bonds. The molecule has 2 atom stereocenters. The number of halogens is 1. The minimum atomic E-state index is -4.50. The quantitative estimate of drug-likeness (QED) is 0.141. The molecule has 0 aliphatic rings. The minimum absolute atomic E-state index is 0.0306. The Labute approximate surface area is 226 Å². The van der Waals surface area contributed by atoms with E-state index >= 15 is 0 Å². The van der Waals surface area contributed by atoms with Gasteiger partial charge in [-0.2, -0.15) is 4.31 Å². The van der Waals surface area contributed by atoms with Gasteiger partial charge in [-0.1, -0.05) is 43.2 Å². The van der Waals surface area contributed by atoms with Crippen LogP contribution in [0, 0.1) is 11.7 Å². The van der Waals surface area contributed by atoms with E-state index in [-0.39, 0.29) is 29.5 Å². The van der Waals surface area contributed by atoms with Crippen molar-refractivity contribution in [1.29, 1.82) is 0 Å². The first-order valence-electron chi connectivity index (χ1n) is 12.0. The van der Waals surface area contributed by atoms with Crippen molar-refractivity contribution in [3.05, 3.63) is 94.6 Å². The van der Waals surface area contributed by atoms with Gasteiger partial charge in [-0.15, -0.1) is 0 Å². The van der Waals surface area contributed by atoms with E-state index in [1.807, 2.05) is 0 Å². The zero-order valence-electron chi connectivity index (χ0n) is 21.3. The Hall–Kier alpha value is -3.48. The van der Waals surface area contributed by atoms with Gasteiger partial charge in [0.25, 0.3) is 0 Å². The molecule has 3 aromatic rings. The lowest BCUT2D eigenvalue weighted by Gasteiger charge is -2.29. The Morgan fingerprint density at radius 2 is 1.51 bits per heavy atom. The predicted molar refractivity (Wildman–Crippen MR) is 143 cm³/mol. The third kappa shape index (κ3) is 7.34. The maximum absolute atomic E-state index is 13.9. The van der Waals surface area contributed by atoms with Gasteiger partial charge in [-0.05, 0) is 72.0 Å². The van der Waals surface area contributed by atoms with Gasteiger partial charge in [0.2, 0.25) is 19.9 Å². The van der Waals surface area contributed by atoms with Gasteiger partial charge >= 0.3 is 0 Å². The number of hydrogen-bond donors (Lipinski definition) is 2. The molecule has 0 fully saturated rings. The molecule has 0 bridgehead atoms. The van der Waals surface area contributed by atoms with Crippen molar-refractivity contribution in [3.63, 3.8) is 0 Å². The second-order valence-corrected chi connectivity index (χ2v) is 13.2. The SMILES string of the molecule is CC(C)CN(CC(O)[C@H](Cc1ccc(O)cc1)N=[N+]=[N-])S(=O)(=O)c1ccccc1S(=O)(=O)c1ccc(F)cc1. The molecule has 0 saturated carbocycles. The zero-order valence-corrected chi connectivity index (χ0v) is 22.9. The number of sulfone groups is 1. The highest BCUT2D eigenvalue weighted by Gasteiger charge is 2.34. The van der Waals surface area contributed by atoms with Crippen LogP contribution >= 0.6 is 0 Å². The normalized spacial score (nSPS) is 13.7. The third-order valence-corrected chi connectivity index (χ3v) is 9.71. The van der Waals surface area contributed by atoms with Crippen LogP contribution in [0.5, 0.6) is 5.75 Å². The lowest BCUT2D eigenvalue weighted by atomic mass is 10.0. The number of aliphatic hydroxyl groups is 1. The zero-order chi connectivity index (χ0) is 28.8. The Morgan fingerprint density at radius 1 is 0.923 bits per heavy atom. The molecule has 10 nitrogen and oxygen atoms in total. The van der Waals surface area contributed by atoms with Crippen LogP contribution in [0.3, 0.4) is 0 Å². The van der Waals surface area contributed by atoms with E-state index in [0.717, 1.165) is 40.7 Å². The topological polar surface area (TPSA) is 161 Å². The van der Waals surface area contributed by atoms with Crippen LogP contribution in [0.2, 0.25) is 0 Å². The van der Waals surface area contributed by atoms with Gasteiger partial charge in [0.1, 0.15) is 16.5 Å². The molecular weight excluding hydrogens is 547 g/mol. The number of phenols is 1. The Morgan fingerprint density at radius 3 is 2.08 bits per heavy atom. The first-order chi connectivity index (χ1) is 18.4. The molecule has 0 spiro atoms. The van der Waals surface area contributed by atoms with Crippen molar-refractivity contribution >= 4 is 19.9 Å². The number of benzene rings is 3. The summed E-state index contributed by atoms with van der Waals surface area (Å²) in [5, 5.41) is 24.2. The first kappa shape index (κ1) is 30.1. The Bertz CT molecular complexity index is 1540. The van der Waals surface area contributed by atoms with Gasteiger partial charge in [0.15, 0.2) is 0 Å². The molecule has 3 aromatic carbocycles.